The lowest BCUT2D eigenvalue weighted by Gasteiger charge is -2.46. The lowest BCUT2D eigenvalue weighted by molar-refractivity contribution is -0.154. The fraction of sp³-hybridized carbons (Fsp3) is 0.882. The van der Waals surface area contributed by atoms with Gasteiger partial charge in [-0.15, -0.1) is 0 Å². The van der Waals surface area contributed by atoms with E-state index in [9.17, 15) is 9.59 Å². The third-order valence-corrected chi connectivity index (χ3v) is 5.20. The monoisotopic (exact) mass is 294 g/mol. The molecule has 1 aliphatic heterocycles. The van der Waals surface area contributed by atoms with Crippen molar-refractivity contribution < 1.29 is 9.59 Å². The van der Waals surface area contributed by atoms with Gasteiger partial charge in [0, 0.05) is 6.04 Å². The van der Waals surface area contributed by atoms with Crippen LogP contribution in [0.2, 0.25) is 0 Å². The molecular formula is C17H30N2O2. The molecule has 0 bridgehead atoms. The maximum Gasteiger partial charge on any atom is 0.246 e. The first-order valence-corrected chi connectivity index (χ1v) is 8.72. The lowest BCUT2D eigenvalue weighted by Crippen LogP contribution is -2.67. The van der Waals surface area contributed by atoms with Gasteiger partial charge in [0.1, 0.15) is 12.1 Å². The van der Waals surface area contributed by atoms with E-state index in [1.807, 2.05) is 4.90 Å². The molecule has 1 aliphatic carbocycles. The summed E-state index contributed by atoms with van der Waals surface area (Å²) >= 11 is 0. The molecule has 0 aromatic carbocycles. The summed E-state index contributed by atoms with van der Waals surface area (Å²) in [4.78, 5) is 27.4. The van der Waals surface area contributed by atoms with Gasteiger partial charge >= 0.3 is 0 Å². The van der Waals surface area contributed by atoms with Gasteiger partial charge in [0.2, 0.25) is 11.8 Å². The van der Waals surface area contributed by atoms with Gasteiger partial charge in [-0.2, -0.15) is 0 Å². The summed E-state index contributed by atoms with van der Waals surface area (Å²) in [6, 6.07) is -0.288. The molecule has 1 heterocycles. The van der Waals surface area contributed by atoms with E-state index in [4.69, 9.17) is 0 Å². The molecule has 2 fully saturated rings. The zero-order chi connectivity index (χ0) is 15.4. The first-order chi connectivity index (χ1) is 10.1. The predicted octanol–water partition coefficient (Wildman–Crippen LogP) is 2.86. The average molecular weight is 294 g/mol. The smallest absolute Gasteiger partial charge is 0.246 e. The maximum absolute atomic E-state index is 13.0. The molecule has 2 aliphatic rings. The largest absolute Gasteiger partial charge is 0.342 e. The summed E-state index contributed by atoms with van der Waals surface area (Å²) in [7, 11) is 0. The maximum atomic E-state index is 13.0. The minimum atomic E-state index is -0.322. The minimum absolute atomic E-state index is 0.0623. The SMILES string of the molecule is CCCC1C(=O)NC(C(C)CC)C(=O)N1C1CCCCC1. The van der Waals surface area contributed by atoms with E-state index >= 15 is 0 Å². The molecule has 2 rings (SSSR count). The molecule has 3 atom stereocenters. The van der Waals surface area contributed by atoms with Crippen molar-refractivity contribution in [3.8, 4) is 0 Å². The second-order valence-electron chi connectivity index (χ2n) is 6.71. The predicted molar refractivity (Wildman–Crippen MR) is 83.8 cm³/mol. The highest BCUT2D eigenvalue weighted by atomic mass is 16.2. The van der Waals surface area contributed by atoms with E-state index < -0.39 is 0 Å². The van der Waals surface area contributed by atoms with Crippen molar-refractivity contribution in [3.05, 3.63) is 0 Å². The van der Waals surface area contributed by atoms with Crippen LogP contribution in [0.25, 0.3) is 0 Å². The normalized spacial score (nSPS) is 29.4. The van der Waals surface area contributed by atoms with E-state index in [1.165, 1.54) is 19.3 Å². The van der Waals surface area contributed by atoms with Crippen molar-refractivity contribution in [1.29, 1.82) is 0 Å². The Balaban J connectivity index is 2.23. The fourth-order valence-corrected chi connectivity index (χ4v) is 3.71. The topological polar surface area (TPSA) is 49.4 Å². The molecule has 1 N–H and O–H groups in total. The number of hydrogen-bond donors (Lipinski definition) is 1. The summed E-state index contributed by atoms with van der Waals surface area (Å²) < 4.78 is 0. The molecule has 120 valence electrons. The number of amides is 2. The summed E-state index contributed by atoms with van der Waals surface area (Å²) in [6.45, 7) is 6.22. The molecule has 0 radical (unpaired) electrons. The summed E-state index contributed by atoms with van der Waals surface area (Å²) in [5, 5.41) is 2.99. The van der Waals surface area contributed by atoms with Crippen molar-refractivity contribution in [2.45, 2.75) is 90.3 Å². The van der Waals surface area contributed by atoms with Gasteiger partial charge in [-0.1, -0.05) is 52.9 Å². The van der Waals surface area contributed by atoms with Gasteiger partial charge in [0.05, 0.1) is 0 Å². The van der Waals surface area contributed by atoms with Crippen LogP contribution in [0.3, 0.4) is 0 Å². The number of carbonyl (C=O) groups is 2. The number of piperazine rings is 1. The Morgan fingerprint density at radius 3 is 2.43 bits per heavy atom. The Bertz CT molecular complexity index is 377. The molecule has 4 heteroatoms. The van der Waals surface area contributed by atoms with Gasteiger partial charge in [-0.05, 0) is 25.2 Å². The average Bonchev–Trinajstić information content (AvgIpc) is 2.51. The Kier molecular flexibility index (Phi) is 5.65. The number of carbonyl (C=O) groups excluding carboxylic acids is 2. The standard InChI is InChI=1S/C17H30N2O2/c1-4-9-14-16(20)18-15(12(3)5-2)17(21)19(14)13-10-7-6-8-11-13/h12-15H,4-11H2,1-3H3,(H,18,20). The third kappa shape index (κ3) is 3.41. The summed E-state index contributed by atoms with van der Waals surface area (Å²) in [5.74, 6) is 0.428. The molecule has 4 nitrogen and oxygen atoms in total. The van der Waals surface area contributed by atoms with Crippen molar-refractivity contribution in [1.82, 2.24) is 10.2 Å². The molecule has 2 amide bonds. The van der Waals surface area contributed by atoms with Crippen LogP contribution in [-0.2, 0) is 9.59 Å². The van der Waals surface area contributed by atoms with Gasteiger partial charge in [0.25, 0.3) is 0 Å². The van der Waals surface area contributed by atoms with Crippen LogP contribution in [0.1, 0.15) is 72.1 Å². The molecule has 21 heavy (non-hydrogen) atoms. The van der Waals surface area contributed by atoms with E-state index in [-0.39, 0.29) is 35.9 Å². The van der Waals surface area contributed by atoms with Gasteiger partial charge in [-0.3, -0.25) is 9.59 Å². The van der Waals surface area contributed by atoms with Crippen molar-refractivity contribution in [2.75, 3.05) is 0 Å². The van der Waals surface area contributed by atoms with Gasteiger partial charge in [-0.25, -0.2) is 0 Å². The lowest BCUT2D eigenvalue weighted by atomic mass is 9.87. The van der Waals surface area contributed by atoms with Gasteiger partial charge in [0.15, 0.2) is 0 Å². The molecule has 0 aromatic heterocycles. The molecule has 1 saturated carbocycles. The molecule has 0 aromatic rings. The zero-order valence-corrected chi connectivity index (χ0v) is 13.7. The number of hydrogen-bond acceptors (Lipinski definition) is 2. The highest BCUT2D eigenvalue weighted by Gasteiger charge is 2.44. The first kappa shape index (κ1) is 16.3. The Morgan fingerprint density at radius 2 is 1.86 bits per heavy atom. The highest BCUT2D eigenvalue weighted by molar-refractivity contribution is 5.97. The summed E-state index contributed by atoms with van der Waals surface area (Å²) in [6.07, 6.45) is 8.38. The summed E-state index contributed by atoms with van der Waals surface area (Å²) in [5.41, 5.74) is 0. The zero-order valence-electron chi connectivity index (χ0n) is 13.7. The number of nitrogens with one attached hydrogen (secondary N) is 1. The van der Waals surface area contributed by atoms with Gasteiger partial charge < -0.3 is 10.2 Å². The second-order valence-corrected chi connectivity index (χ2v) is 6.71. The van der Waals surface area contributed by atoms with E-state index in [0.717, 1.165) is 32.1 Å². The third-order valence-electron chi connectivity index (χ3n) is 5.20. The number of nitrogens with zero attached hydrogens (tertiary/aromatic N) is 1. The van der Waals surface area contributed by atoms with E-state index in [1.54, 1.807) is 0 Å². The van der Waals surface area contributed by atoms with Crippen LogP contribution < -0.4 is 5.32 Å². The van der Waals surface area contributed by atoms with Crippen molar-refractivity contribution in [2.24, 2.45) is 5.92 Å². The van der Waals surface area contributed by atoms with Crippen molar-refractivity contribution >= 4 is 11.8 Å². The fourth-order valence-electron chi connectivity index (χ4n) is 3.71. The highest BCUT2D eigenvalue weighted by Crippen LogP contribution is 2.29. The quantitative estimate of drug-likeness (QED) is 0.847. The van der Waals surface area contributed by atoms with Crippen molar-refractivity contribution in [3.63, 3.8) is 0 Å². The molecule has 3 unspecified atom stereocenters. The van der Waals surface area contributed by atoms with Crippen LogP contribution >= 0.6 is 0 Å². The number of rotatable bonds is 5. The van der Waals surface area contributed by atoms with Crippen LogP contribution in [0.5, 0.6) is 0 Å². The Hall–Kier alpha value is -1.06. The molecule has 0 spiro atoms. The minimum Gasteiger partial charge on any atom is -0.342 e. The Morgan fingerprint density at radius 1 is 1.19 bits per heavy atom. The van der Waals surface area contributed by atoms with Crippen LogP contribution in [-0.4, -0.2) is 34.8 Å². The van der Waals surface area contributed by atoms with Crippen LogP contribution in [0.15, 0.2) is 0 Å². The van der Waals surface area contributed by atoms with Crippen LogP contribution in [0, 0.1) is 5.92 Å². The van der Waals surface area contributed by atoms with E-state index in [0.29, 0.717) is 0 Å². The first-order valence-electron chi connectivity index (χ1n) is 8.72. The van der Waals surface area contributed by atoms with Crippen LogP contribution in [0.4, 0.5) is 0 Å². The Labute approximate surface area is 128 Å². The molecule has 1 saturated heterocycles. The molecular weight excluding hydrogens is 264 g/mol. The second kappa shape index (κ2) is 7.28. The van der Waals surface area contributed by atoms with E-state index in [2.05, 4.69) is 26.1 Å².